The molecule has 0 aliphatic carbocycles. The molecule has 0 saturated carbocycles. The maximum atomic E-state index is 9.55. The highest BCUT2D eigenvalue weighted by atomic mass is 32.2. The maximum Gasteiger partial charge on any atom is 0.118 e. The van der Waals surface area contributed by atoms with Crippen molar-refractivity contribution in [3.63, 3.8) is 0 Å². The van der Waals surface area contributed by atoms with Gasteiger partial charge in [0.1, 0.15) is 5.75 Å². The Bertz CT molecular complexity index is 273. The largest absolute Gasteiger partial charge is 0.508 e. The summed E-state index contributed by atoms with van der Waals surface area (Å²) >= 11 is 2.03. The van der Waals surface area contributed by atoms with Gasteiger partial charge in [0.05, 0.1) is 0 Å². The third-order valence-electron chi connectivity index (χ3n) is 2.32. The van der Waals surface area contributed by atoms with Gasteiger partial charge in [0.15, 0.2) is 0 Å². The lowest BCUT2D eigenvalue weighted by molar-refractivity contribution is 0.467. The van der Waals surface area contributed by atoms with Gasteiger partial charge in [0.2, 0.25) is 0 Å². The fourth-order valence-electron chi connectivity index (χ4n) is 1.49. The normalized spacial score (nSPS) is 10.5. The van der Waals surface area contributed by atoms with E-state index >= 15 is 0 Å². The topological polar surface area (TPSA) is 20.2 Å². The maximum absolute atomic E-state index is 9.55. The van der Waals surface area contributed by atoms with E-state index in [0.29, 0.717) is 5.75 Å². The molecule has 0 atom stereocenters. The standard InChI is InChI=1S/C13H20OS/c1-2-10-15-11-6-5-8-12-7-3-4-9-13(12)14/h3-4,7,9,14H,2,5-6,8,10-11H2,1H3. The van der Waals surface area contributed by atoms with E-state index in [1.165, 1.54) is 30.8 Å². The Balaban J connectivity index is 2.12. The summed E-state index contributed by atoms with van der Waals surface area (Å²) in [5, 5.41) is 9.55. The van der Waals surface area contributed by atoms with Gasteiger partial charge in [-0.1, -0.05) is 25.1 Å². The van der Waals surface area contributed by atoms with Gasteiger partial charge in [-0.3, -0.25) is 0 Å². The first-order chi connectivity index (χ1) is 7.34. The van der Waals surface area contributed by atoms with Crippen LogP contribution in [0.3, 0.4) is 0 Å². The van der Waals surface area contributed by atoms with E-state index in [1.807, 2.05) is 30.0 Å². The first-order valence-corrected chi connectivity index (χ1v) is 6.84. The predicted molar refractivity (Wildman–Crippen MR) is 68.7 cm³/mol. The molecule has 1 N–H and O–H groups in total. The SMILES string of the molecule is CCCSCCCCc1ccccc1O. The number of phenolic OH excluding ortho intramolecular Hbond substituents is 1. The molecular weight excluding hydrogens is 204 g/mol. The quantitative estimate of drug-likeness (QED) is 0.710. The molecule has 0 aliphatic heterocycles. The second-order valence-corrected chi connectivity index (χ2v) is 4.92. The van der Waals surface area contributed by atoms with Crippen LogP contribution >= 0.6 is 11.8 Å². The number of hydrogen-bond acceptors (Lipinski definition) is 2. The molecule has 0 amide bonds. The average molecular weight is 224 g/mol. The van der Waals surface area contributed by atoms with Crippen molar-refractivity contribution >= 4 is 11.8 Å². The van der Waals surface area contributed by atoms with Gasteiger partial charge in [-0.2, -0.15) is 11.8 Å². The number of aromatic hydroxyl groups is 1. The van der Waals surface area contributed by atoms with Crippen molar-refractivity contribution in [3.05, 3.63) is 29.8 Å². The highest BCUT2D eigenvalue weighted by Gasteiger charge is 1.98. The molecular formula is C13H20OS. The molecule has 1 aromatic rings. The van der Waals surface area contributed by atoms with E-state index in [1.54, 1.807) is 6.07 Å². The molecule has 0 saturated heterocycles. The fourth-order valence-corrected chi connectivity index (χ4v) is 2.39. The van der Waals surface area contributed by atoms with Crippen molar-refractivity contribution in [2.45, 2.75) is 32.6 Å². The second-order valence-electron chi connectivity index (χ2n) is 3.70. The number of thioether (sulfide) groups is 1. The molecule has 1 rings (SSSR count). The lowest BCUT2D eigenvalue weighted by Gasteiger charge is -2.03. The van der Waals surface area contributed by atoms with Crippen LogP contribution in [0.4, 0.5) is 0 Å². The Morgan fingerprint density at radius 2 is 1.93 bits per heavy atom. The van der Waals surface area contributed by atoms with Crippen LogP contribution in [0, 0.1) is 0 Å². The molecule has 1 nitrogen and oxygen atoms in total. The van der Waals surface area contributed by atoms with Gasteiger partial charge in [-0.15, -0.1) is 0 Å². The molecule has 0 aromatic heterocycles. The summed E-state index contributed by atoms with van der Waals surface area (Å²) in [5.41, 5.74) is 1.08. The summed E-state index contributed by atoms with van der Waals surface area (Å²) in [7, 11) is 0. The van der Waals surface area contributed by atoms with Crippen molar-refractivity contribution < 1.29 is 5.11 Å². The van der Waals surface area contributed by atoms with Gasteiger partial charge in [0.25, 0.3) is 0 Å². The molecule has 0 bridgehead atoms. The lowest BCUT2D eigenvalue weighted by Crippen LogP contribution is -1.88. The molecule has 0 spiro atoms. The van der Waals surface area contributed by atoms with Crippen LogP contribution in [0.2, 0.25) is 0 Å². The highest BCUT2D eigenvalue weighted by molar-refractivity contribution is 7.99. The summed E-state index contributed by atoms with van der Waals surface area (Å²) in [6.45, 7) is 2.22. The van der Waals surface area contributed by atoms with E-state index in [4.69, 9.17) is 0 Å². The van der Waals surface area contributed by atoms with E-state index in [2.05, 4.69) is 6.92 Å². The zero-order chi connectivity index (χ0) is 10.9. The molecule has 0 unspecified atom stereocenters. The molecule has 0 radical (unpaired) electrons. The van der Waals surface area contributed by atoms with Crippen molar-refractivity contribution in [2.75, 3.05) is 11.5 Å². The number of unbranched alkanes of at least 4 members (excludes halogenated alkanes) is 1. The van der Waals surface area contributed by atoms with Crippen LogP contribution in [-0.4, -0.2) is 16.6 Å². The molecule has 0 aliphatic rings. The number of aryl methyl sites for hydroxylation is 1. The first-order valence-electron chi connectivity index (χ1n) is 5.69. The minimum atomic E-state index is 0.443. The minimum absolute atomic E-state index is 0.443. The van der Waals surface area contributed by atoms with Gasteiger partial charge >= 0.3 is 0 Å². The van der Waals surface area contributed by atoms with Crippen LogP contribution in [0.25, 0.3) is 0 Å². The number of phenols is 1. The van der Waals surface area contributed by atoms with Crippen LogP contribution in [0.15, 0.2) is 24.3 Å². The van der Waals surface area contributed by atoms with E-state index in [0.717, 1.165) is 12.0 Å². The third-order valence-corrected chi connectivity index (χ3v) is 3.60. The van der Waals surface area contributed by atoms with Crippen LogP contribution in [0.5, 0.6) is 5.75 Å². The summed E-state index contributed by atoms with van der Waals surface area (Å²) < 4.78 is 0. The molecule has 2 heteroatoms. The average Bonchev–Trinajstić information content (AvgIpc) is 2.25. The number of hydrogen-bond donors (Lipinski definition) is 1. The van der Waals surface area contributed by atoms with E-state index in [-0.39, 0.29) is 0 Å². The zero-order valence-corrected chi connectivity index (χ0v) is 10.2. The first kappa shape index (κ1) is 12.4. The summed E-state index contributed by atoms with van der Waals surface area (Å²) in [6, 6.07) is 7.63. The number of para-hydroxylation sites is 1. The van der Waals surface area contributed by atoms with E-state index in [9.17, 15) is 5.11 Å². The van der Waals surface area contributed by atoms with Crippen LogP contribution in [0.1, 0.15) is 31.7 Å². The lowest BCUT2D eigenvalue weighted by atomic mass is 10.1. The van der Waals surface area contributed by atoms with Gasteiger partial charge in [0, 0.05) is 0 Å². The summed E-state index contributed by atoms with van der Waals surface area (Å²) in [4.78, 5) is 0. The minimum Gasteiger partial charge on any atom is -0.508 e. The summed E-state index contributed by atoms with van der Waals surface area (Å²) in [5.74, 6) is 2.97. The van der Waals surface area contributed by atoms with E-state index < -0.39 is 0 Å². The Hall–Kier alpha value is -0.630. The van der Waals surface area contributed by atoms with Crippen LogP contribution in [-0.2, 0) is 6.42 Å². The molecule has 15 heavy (non-hydrogen) atoms. The third kappa shape index (κ3) is 5.12. The molecule has 0 heterocycles. The van der Waals surface area contributed by atoms with Crippen molar-refractivity contribution in [1.29, 1.82) is 0 Å². The Morgan fingerprint density at radius 1 is 1.13 bits per heavy atom. The fraction of sp³-hybridized carbons (Fsp3) is 0.538. The second kappa shape index (κ2) is 7.63. The van der Waals surface area contributed by atoms with Gasteiger partial charge in [-0.05, 0) is 48.8 Å². The Labute approximate surface area is 96.9 Å². The molecule has 0 fully saturated rings. The highest BCUT2D eigenvalue weighted by Crippen LogP contribution is 2.18. The monoisotopic (exact) mass is 224 g/mol. The molecule has 84 valence electrons. The Morgan fingerprint density at radius 3 is 2.67 bits per heavy atom. The smallest absolute Gasteiger partial charge is 0.118 e. The predicted octanol–water partition coefficient (Wildman–Crippen LogP) is 3.86. The van der Waals surface area contributed by atoms with Crippen molar-refractivity contribution in [2.24, 2.45) is 0 Å². The summed E-state index contributed by atoms with van der Waals surface area (Å²) in [6.07, 6.45) is 4.69. The zero-order valence-electron chi connectivity index (χ0n) is 9.41. The number of benzene rings is 1. The molecule has 1 aromatic carbocycles. The number of rotatable bonds is 7. The van der Waals surface area contributed by atoms with Crippen molar-refractivity contribution in [3.8, 4) is 5.75 Å². The van der Waals surface area contributed by atoms with Crippen molar-refractivity contribution in [1.82, 2.24) is 0 Å². The Kier molecular flexibility index (Phi) is 6.33. The van der Waals surface area contributed by atoms with Gasteiger partial charge < -0.3 is 5.11 Å². The van der Waals surface area contributed by atoms with Crippen LogP contribution < -0.4 is 0 Å². The van der Waals surface area contributed by atoms with Gasteiger partial charge in [-0.25, -0.2) is 0 Å².